The highest BCUT2D eigenvalue weighted by molar-refractivity contribution is 5.78. The number of aliphatic imine (C=N–C) groups is 1. The van der Waals surface area contributed by atoms with Crippen LogP contribution in [-0.4, -0.2) is 37.0 Å². The minimum Gasteiger partial charge on any atom is -0.488 e. The Morgan fingerprint density at radius 3 is 2.67 bits per heavy atom. The highest BCUT2D eigenvalue weighted by Crippen LogP contribution is 2.35. The molecule has 1 fully saturated rings. The molecule has 0 saturated heterocycles. The monoisotopic (exact) mass is 373 g/mol. The second-order valence-electron chi connectivity index (χ2n) is 9.16. The lowest BCUT2D eigenvalue weighted by atomic mass is 9.83. The minimum atomic E-state index is -0.684. The summed E-state index contributed by atoms with van der Waals surface area (Å²) in [5, 5.41) is 0. The Kier molecular flexibility index (Phi) is 5.99. The first-order chi connectivity index (χ1) is 12.8. The molecule has 3 rings (SSSR count). The molecule has 1 atom stereocenters. The summed E-state index contributed by atoms with van der Waals surface area (Å²) in [5.41, 5.74) is 6.81. The van der Waals surface area contributed by atoms with Crippen molar-refractivity contribution in [3.63, 3.8) is 0 Å². The van der Waals surface area contributed by atoms with Crippen molar-refractivity contribution in [2.75, 3.05) is 20.4 Å². The summed E-state index contributed by atoms with van der Waals surface area (Å²) in [5.74, 6) is 2.02. The summed E-state index contributed by atoms with van der Waals surface area (Å²) < 4.78 is 12.4. The maximum Gasteiger partial charge on any atom is 0.198 e. The zero-order chi connectivity index (χ0) is 19.5. The summed E-state index contributed by atoms with van der Waals surface area (Å²) in [4.78, 5) is 6.58. The lowest BCUT2D eigenvalue weighted by Crippen LogP contribution is -2.51. The van der Waals surface area contributed by atoms with E-state index in [4.69, 9.17) is 20.2 Å². The van der Waals surface area contributed by atoms with Gasteiger partial charge in [0.15, 0.2) is 11.7 Å². The molecule has 1 aliphatic carbocycles. The fraction of sp³-hybridized carbons (Fsp3) is 0.682. The van der Waals surface area contributed by atoms with Crippen molar-refractivity contribution in [1.82, 2.24) is 4.90 Å². The molecular formula is C22H35N3O2. The van der Waals surface area contributed by atoms with Gasteiger partial charge in [0.05, 0.1) is 0 Å². The molecule has 0 amide bonds. The summed E-state index contributed by atoms with van der Waals surface area (Å²) >= 11 is 0. The lowest BCUT2D eigenvalue weighted by molar-refractivity contribution is -0.118. The molecule has 5 nitrogen and oxygen atoms in total. The van der Waals surface area contributed by atoms with Crippen molar-refractivity contribution < 1.29 is 9.47 Å². The summed E-state index contributed by atoms with van der Waals surface area (Å²) in [7, 11) is 1.90. The fourth-order valence-electron chi connectivity index (χ4n) is 3.94. The highest BCUT2D eigenvalue weighted by Gasteiger charge is 2.39. The van der Waals surface area contributed by atoms with E-state index in [0.717, 1.165) is 12.2 Å². The van der Waals surface area contributed by atoms with Crippen LogP contribution in [-0.2, 0) is 10.2 Å². The maximum atomic E-state index is 6.20. The molecule has 0 aromatic heterocycles. The van der Waals surface area contributed by atoms with Gasteiger partial charge in [-0.05, 0) is 29.0 Å². The van der Waals surface area contributed by atoms with Gasteiger partial charge in [0, 0.05) is 13.5 Å². The Hall–Kier alpha value is -1.75. The molecule has 150 valence electrons. The lowest BCUT2D eigenvalue weighted by Gasteiger charge is -2.39. The van der Waals surface area contributed by atoms with Crippen molar-refractivity contribution in [3.05, 3.63) is 29.8 Å². The predicted octanol–water partition coefficient (Wildman–Crippen LogP) is 4.26. The molecule has 1 saturated carbocycles. The van der Waals surface area contributed by atoms with E-state index in [2.05, 4.69) is 39.0 Å². The van der Waals surface area contributed by atoms with E-state index in [-0.39, 0.29) is 5.41 Å². The van der Waals surface area contributed by atoms with Crippen LogP contribution >= 0.6 is 0 Å². The molecule has 1 aliphatic heterocycles. The van der Waals surface area contributed by atoms with E-state index in [1.165, 1.54) is 37.7 Å². The molecule has 0 bridgehead atoms. The maximum absolute atomic E-state index is 6.20. The predicted molar refractivity (Wildman–Crippen MR) is 110 cm³/mol. The van der Waals surface area contributed by atoms with Crippen LogP contribution in [0.3, 0.4) is 0 Å². The zero-order valence-corrected chi connectivity index (χ0v) is 17.3. The number of nitrogens with two attached hydrogens (primary N) is 1. The number of hydrogen-bond donors (Lipinski definition) is 1. The average molecular weight is 374 g/mol. The third kappa shape index (κ3) is 5.16. The number of hydrogen-bond acceptors (Lipinski definition) is 5. The molecule has 0 spiro atoms. The van der Waals surface area contributed by atoms with E-state index in [9.17, 15) is 0 Å². The zero-order valence-electron chi connectivity index (χ0n) is 17.3. The second-order valence-corrected chi connectivity index (χ2v) is 9.16. The number of nitrogens with zero attached hydrogens (tertiary/aromatic N) is 2. The molecule has 2 N–H and O–H groups in total. The van der Waals surface area contributed by atoms with Crippen molar-refractivity contribution in [1.29, 1.82) is 0 Å². The first-order valence-electron chi connectivity index (χ1n) is 10.2. The molecule has 1 aromatic carbocycles. The van der Waals surface area contributed by atoms with Crippen LogP contribution in [0.25, 0.3) is 0 Å². The number of ether oxygens (including phenoxy) is 2. The quantitative estimate of drug-likeness (QED) is 0.837. The smallest absolute Gasteiger partial charge is 0.198 e. The summed E-state index contributed by atoms with van der Waals surface area (Å²) in [6.45, 7) is 7.48. The standard InChI is InChI=1S/C22H35N3O2/c1-21(2,3)18-11-8-12-19(13-18)26-15-22(14-17-9-6-5-7-10-17)24-20(23)25(4)16-27-22/h8,11-13,17H,5-7,9-10,14-16H2,1-4H3,(H2,23,24). The summed E-state index contributed by atoms with van der Waals surface area (Å²) in [6.07, 6.45) is 7.31. The van der Waals surface area contributed by atoms with Crippen molar-refractivity contribution in [2.45, 2.75) is 70.4 Å². The van der Waals surface area contributed by atoms with Gasteiger partial charge in [-0.25, -0.2) is 4.99 Å². The van der Waals surface area contributed by atoms with Crippen LogP contribution in [0.2, 0.25) is 0 Å². The van der Waals surface area contributed by atoms with Crippen LogP contribution < -0.4 is 10.5 Å². The van der Waals surface area contributed by atoms with Crippen LogP contribution in [0.1, 0.15) is 64.9 Å². The normalized spacial score (nSPS) is 24.6. The molecular weight excluding hydrogens is 338 g/mol. The molecule has 5 heteroatoms. The SMILES string of the molecule is CN1COC(COc2cccc(C(C)(C)C)c2)(CC2CCCCC2)N=C1N. The van der Waals surface area contributed by atoms with Gasteiger partial charge in [0.1, 0.15) is 19.1 Å². The molecule has 0 radical (unpaired) electrons. The van der Waals surface area contributed by atoms with Crippen LogP contribution in [0.15, 0.2) is 29.3 Å². The largest absolute Gasteiger partial charge is 0.488 e. The Morgan fingerprint density at radius 1 is 1.26 bits per heavy atom. The Labute approximate surface area is 163 Å². The third-order valence-electron chi connectivity index (χ3n) is 5.73. The van der Waals surface area contributed by atoms with Crippen LogP contribution in [0.5, 0.6) is 5.75 Å². The van der Waals surface area contributed by atoms with E-state index >= 15 is 0 Å². The molecule has 1 heterocycles. The molecule has 27 heavy (non-hydrogen) atoms. The average Bonchev–Trinajstić information content (AvgIpc) is 2.64. The number of benzene rings is 1. The summed E-state index contributed by atoms with van der Waals surface area (Å²) in [6, 6.07) is 8.33. The second kappa shape index (κ2) is 8.09. The van der Waals surface area contributed by atoms with E-state index < -0.39 is 5.72 Å². The molecule has 1 aromatic rings. The van der Waals surface area contributed by atoms with E-state index in [0.29, 0.717) is 25.2 Å². The van der Waals surface area contributed by atoms with Gasteiger partial charge in [-0.1, -0.05) is 65.0 Å². The fourth-order valence-corrected chi connectivity index (χ4v) is 3.94. The van der Waals surface area contributed by atoms with E-state index in [1.807, 2.05) is 18.0 Å². The van der Waals surface area contributed by atoms with Crippen molar-refractivity contribution in [3.8, 4) is 5.75 Å². The van der Waals surface area contributed by atoms with Crippen molar-refractivity contribution in [2.24, 2.45) is 16.6 Å². The first-order valence-corrected chi connectivity index (χ1v) is 10.2. The third-order valence-corrected chi connectivity index (χ3v) is 5.73. The Morgan fingerprint density at radius 2 is 2.00 bits per heavy atom. The van der Waals surface area contributed by atoms with Crippen LogP contribution in [0, 0.1) is 5.92 Å². The minimum absolute atomic E-state index is 0.0891. The van der Waals surface area contributed by atoms with Gasteiger partial charge < -0.3 is 20.1 Å². The van der Waals surface area contributed by atoms with Crippen LogP contribution in [0.4, 0.5) is 0 Å². The van der Waals surface area contributed by atoms with Gasteiger partial charge in [0.2, 0.25) is 0 Å². The topological polar surface area (TPSA) is 60.1 Å². The molecule has 2 aliphatic rings. The van der Waals surface area contributed by atoms with Gasteiger partial charge in [0.25, 0.3) is 0 Å². The Balaban J connectivity index is 1.76. The first kappa shape index (κ1) is 20.0. The Bertz CT molecular complexity index is 662. The van der Waals surface area contributed by atoms with Gasteiger partial charge >= 0.3 is 0 Å². The van der Waals surface area contributed by atoms with Crippen molar-refractivity contribution >= 4 is 5.96 Å². The van der Waals surface area contributed by atoms with Gasteiger partial charge in [-0.3, -0.25) is 0 Å². The molecule has 1 unspecified atom stereocenters. The highest BCUT2D eigenvalue weighted by atomic mass is 16.6. The van der Waals surface area contributed by atoms with E-state index in [1.54, 1.807) is 0 Å². The van der Waals surface area contributed by atoms with Gasteiger partial charge in [-0.2, -0.15) is 0 Å². The van der Waals surface area contributed by atoms with Gasteiger partial charge in [-0.15, -0.1) is 0 Å². The number of rotatable bonds is 5. The number of guanidine groups is 1.